The van der Waals surface area contributed by atoms with Gasteiger partial charge in [-0.05, 0) is 49.2 Å². The van der Waals surface area contributed by atoms with Gasteiger partial charge in [-0.15, -0.1) is 0 Å². The quantitative estimate of drug-likeness (QED) is 0.905. The fraction of sp³-hybridized carbons (Fsp3) is 0.350. The number of aryl methyl sites for hydroxylation is 1. The molecule has 0 fully saturated rings. The van der Waals surface area contributed by atoms with E-state index in [2.05, 4.69) is 10.2 Å². The van der Waals surface area contributed by atoms with E-state index in [1.165, 1.54) is 12.1 Å². The Morgan fingerprint density at radius 3 is 2.76 bits per heavy atom. The van der Waals surface area contributed by atoms with Crippen LogP contribution in [0.3, 0.4) is 0 Å². The van der Waals surface area contributed by atoms with Crippen LogP contribution >= 0.6 is 0 Å². The van der Waals surface area contributed by atoms with Crippen LogP contribution in [0.1, 0.15) is 24.5 Å². The fourth-order valence-electron chi connectivity index (χ4n) is 3.10. The maximum atomic E-state index is 13.2. The second-order valence-corrected chi connectivity index (χ2v) is 6.35. The van der Waals surface area contributed by atoms with Crippen molar-refractivity contribution in [2.75, 3.05) is 18.1 Å². The van der Waals surface area contributed by atoms with E-state index in [1.807, 2.05) is 32.0 Å². The summed E-state index contributed by atoms with van der Waals surface area (Å²) >= 11 is 0. The first-order valence-corrected chi connectivity index (χ1v) is 8.58. The highest BCUT2D eigenvalue weighted by atomic mass is 19.1. The number of benzene rings is 2. The van der Waals surface area contributed by atoms with Gasteiger partial charge in [-0.3, -0.25) is 4.79 Å². The normalized spacial score (nSPS) is 16.1. The molecule has 2 aromatic rings. The Morgan fingerprint density at radius 1 is 1.28 bits per heavy atom. The van der Waals surface area contributed by atoms with Crippen molar-refractivity contribution in [3.63, 3.8) is 0 Å². The van der Waals surface area contributed by atoms with Gasteiger partial charge in [-0.2, -0.15) is 0 Å². The van der Waals surface area contributed by atoms with E-state index in [-0.39, 0.29) is 17.8 Å². The molecule has 0 aromatic heterocycles. The van der Waals surface area contributed by atoms with E-state index in [0.717, 1.165) is 22.6 Å². The molecule has 0 spiro atoms. The first-order valence-electron chi connectivity index (χ1n) is 8.58. The van der Waals surface area contributed by atoms with Crippen molar-refractivity contribution in [1.29, 1.82) is 0 Å². The highest BCUT2D eigenvalue weighted by Gasteiger charge is 2.29. The number of anilines is 1. The van der Waals surface area contributed by atoms with Crippen LogP contribution in [-0.2, 0) is 11.3 Å². The third kappa shape index (κ3) is 4.10. The van der Waals surface area contributed by atoms with Gasteiger partial charge in [-0.1, -0.05) is 18.2 Å². The van der Waals surface area contributed by atoms with E-state index < -0.39 is 0 Å². The van der Waals surface area contributed by atoms with Crippen LogP contribution in [0.2, 0.25) is 0 Å². The third-order valence-corrected chi connectivity index (χ3v) is 4.36. The number of ether oxygens (including phenoxy) is 1. The molecule has 1 amide bonds. The Morgan fingerprint density at radius 2 is 2.04 bits per heavy atom. The van der Waals surface area contributed by atoms with Gasteiger partial charge < -0.3 is 15.0 Å². The van der Waals surface area contributed by atoms with Gasteiger partial charge in [0.25, 0.3) is 0 Å². The van der Waals surface area contributed by atoms with Crippen molar-refractivity contribution in [1.82, 2.24) is 5.32 Å². The van der Waals surface area contributed by atoms with Crippen LogP contribution in [0.4, 0.5) is 10.1 Å². The van der Waals surface area contributed by atoms with Crippen molar-refractivity contribution >= 4 is 11.6 Å². The summed E-state index contributed by atoms with van der Waals surface area (Å²) in [5, 5.41) is 2.85. The molecule has 0 saturated carbocycles. The molecular formula is C20H23FN2O2. The molecule has 3 rings (SSSR count). The molecule has 0 saturated heterocycles. The highest BCUT2D eigenvalue weighted by Crippen LogP contribution is 2.36. The van der Waals surface area contributed by atoms with Crippen LogP contribution in [0.5, 0.6) is 5.75 Å². The van der Waals surface area contributed by atoms with Gasteiger partial charge in [0.05, 0.1) is 18.2 Å². The number of nitrogens with one attached hydrogen (secondary N) is 1. The average Bonchev–Trinajstić information content (AvgIpc) is 2.59. The van der Waals surface area contributed by atoms with Crippen molar-refractivity contribution in [3.8, 4) is 5.75 Å². The average molecular weight is 342 g/mol. The molecule has 4 nitrogen and oxygen atoms in total. The molecule has 132 valence electrons. The lowest BCUT2D eigenvalue weighted by Crippen LogP contribution is -2.45. The van der Waals surface area contributed by atoms with Crippen LogP contribution < -0.4 is 15.0 Å². The number of nitrogens with zero attached hydrogens (tertiary/aromatic N) is 1. The Bertz CT molecular complexity index is 746. The zero-order valence-electron chi connectivity index (χ0n) is 14.6. The van der Waals surface area contributed by atoms with Crippen LogP contribution in [0.25, 0.3) is 0 Å². The number of fused-ring (bicyclic) bond motifs is 1. The minimum absolute atomic E-state index is 0.00997. The Balaban J connectivity index is 1.88. The van der Waals surface area contributed by atoms with Gasteiger partial charge in [0, 0.05) is 13.1 Å². The topological polar surface area (TPSA) is 41.6 Å². The van der Waals surface area contributed by atoms with Gasteiger partial charge >= 0.3 is 0 Å². The summed E-state index contributed by atoms with van der Waals surface area (Å²) in [5.41, 5.74) is 3.09. The summed E-state index contributed by atoms with van der Waals surface area (Å²) < 4.78 is 19.1. The Kier molecular flexibility index (Phi) is 5.22. The number of amides is 1. The molecule has 0 unspecified atom stereocenters. The fourth-order valence-corrected chi connectivity index (χ4v) is 3.10. The summed E-state index contributed by atoms with van der Waals surface area (Å²) in [6.45, 7) is 5.59. The van der Waals surface area contributed by atoms with Crippen LogP contribution in [-0.4, -0.2) is 25.1 Å². The van der Waals surface area contributed by atoms with Gasteiger partial charge in [-0.25, -0.2) is 4.39 Å². The maximum Gasteiger partial charge on any atom is 0.222 e. The molecule has 1 aliphatic heterocycles. The van der Waals surface area contributed by atoms with Crippen molar-refractivity contribution in [2.45, 2.75) is 32.9 Å². The van der Waals surface area contributed by atoms with Gasteiger partial charge in [0.1, 0.15) is 18.2 Å². The molecule has 1 heterocycles. The largest absolute Gasteiger partial charge is 0.489 e. The van der Waals surface area contributed by atoms with E-state index in [0.29, 0.717) is 26.1 Å². The molecule has 1 aliphatic rings. The molecule has 1 atom stereocenters. The summed E-state index contributed by atoms with van der Waals surface area (Å²) in [5.74, 6) is 0.589. The lowest BCUT2D eigenvalue weighted by molar-refractivity contribution is -0.121. The van der Waals surface area contributed by atoms with Crippen molar-refractivity contribution in [2.24, 2.45) is 0 Å². The molecule has 2 aromatic carbocycles. The minimum atomic E-state index is -0.249. The standard InChI is InChI=1S/C20H23FN2O2/c1-3-22-20(24)11-17-13-25-19-10-14(2)4-9-18(19)23(17)12-15-5-7-16(21)8-6-15/h4-10,17H,3,11-13H2,1-2H3,(H,22,24)/t17-/m1/s1. The van der Waals surface area contributed by atoms with E-state index in [9.17, 15) is 9.18 Å². The lowest BCUT2D eigenvalue weighted by atomic mass is 10.0. The number of carbonyl (C=O) groups excluding carboxylic acids is 1. The molecule has 25 heavy (non-hydrogen) atoms. The molecule has 0 aliphatic carbocycles. The van der Waals surface area contributed by atoms with E-state index >= 15 is 0 Å². The van der Waals surface area contributed by atoms with Crippen molar-refractivity contribution in [3.05, 3.63) is 59.4 Å². The smallest absolute Gasteiger partial charge is 0.222 e. The zero-order chi connectivity index (χ0) is 17.8. The Labute approximate surface area is 147 Å². The minimum Gasteiger partial charge on any atom is -0.489 e. The lowest BCUT2D eigenvalue weighted by Gasteiger charge is -2.38. The van der Waals surface area contributed by atoms with Crippen LogP contribution in [0.15, 0.2) is 42.5 Å². The molecule has 5 heteroatoms. The number of rotatable bonds is 5. The summed E-state index contributed by atoms with van der Waals surface area (Å²) in [4.78, 5) is 14.3. The Hall–Kier alpha value is -2.56. The number of hydrogen-bond acceptors (Lipinski definition) is 3. The predicted octanol–water partition coefficient (Wildman–Crippen LogP) is 3.43. The summed E-state index contributed by atoms with van der Waals surface area (Å²) in [7, 11) is 0. The van der Waals surface area contributed by atoms with Crippen molar-refractivity contribution < 1.29 is 13.9 Å². The number of carbonyl (C=O) groups is 1. The van der Waals surface area contributed by atoms with Crippen LogP contribution in [0, 0.1) is 12.7 Å². The van der Waals surface area contributed by atoms with E-state index in [1.54, 1.807) is 12.1 Å². The summed E-state index contributed by atoms with van der Waals surface area (Å²) in [6.07, 6.45) is 0.363. The molecule has 0 bridgehead atoms. The van der Waals surface area contributed by atoms with Gasteiger partial charge in [0.15, 0.2) is 0 Å². The van der Waals surface area contributed by atoms with E-state index in [4.69, 9.17) is 4.74 Å². The molecular weight excluding hydrogens is 319 g/mol. The molecule has 0 radical (unpaired) electrons. The first kappa shape index (κ1) is 17.3. The monoisotopic (exact) mass is 342 g/mol. The van der Waals surface area contributed by atoms with Gasteiger partial charge in [0.2, 0.25) is 5.91 Å². The maximum absolute atomic E-state index is 13.2. The number of halogens is 1. The second-order valence-electron chi connectivity index (χ2n) is 6.35. The zero-order valence-corrected chi connectivity index (χ0v) is 14.6. The molecule has 1 N–H and O–H groups in total. The second kappa shape index (κ2) is 7.55. The predicted molar refractivity (Wildman–Crippen MR) is 96.3 cm³/mol. The third-order valence-electron chi connectivity index (χ3n) is 4.36. The number of hydrogen-bond donors (Lipinski definition) is 1. The first-order chi connectivity index (χ1) is 12.1. The summed E-state index contributed by atoms with van der Waals surface area (Å²) in [6, 6.07) is 12.5. The highest BCUT2D eigenvalue weighted by molar-refractivity contribution is 5.77. The SMILES string of the molecule is CCNC(=O)C[C@@H]1COc2cc(C)ccc2N1Cc1ccc(F)cc1.